The molecule has 3 heterocycles. The molecule has 0 unspecified atom stereocenters. The Hall–Kier alpha value is -3.51. The molecule has 0 spiro atoms. The fourth-order valence-corrected chi connectivity index (χ4v) is 4.02. The van der Waals surface area contributed by atoms with Crippen LogP contribution in [0.2, 0.25) is 0 Å². The number of hydrogen-bond donors (Lipinski definition) is 2. The van der Waals surface area contributed by atoms with Crippen molar-refractivity contribution in [1.82, 2.24) is 29.7 Å². The van der Waals surface area contributed by atoms with E-state index in [1.54, 1.807) is 12.3 Å². The summed E-state index contributed by atoms with van der Waals surface area (Å²) in [6.45, 7) is 1.94. The molecule has 1 aliphatic carbocycles. The number of anilines is 2. The maximum Gasteiger partial charge on any atom is 0.248 e. The molecule has 0 radical (unpaired) electrons. The van der Waals surface area contributed by atoms with Crippen molar-refractivity contribution in [3.05, 3.63) is 53.9 Å². The molecule has 0 saturated heterocycles. The average Bonchev–Trinajstić information content (AvgIpc) is 3.10. The van der Waals surface area contributed by atoms with Gasteiger partial charge in [0.25, 0.3) is 0 Å². The Labute approximate surface area is 164 Å². The Morgan fingerprint density at radius 3 is 2.96 bits per heavy atom. The van der Waals surface area contributed by atoms with E-state index >= 15 is 0 Å². The first-order valence-corrected chi connectivity index (χ1v) is 9.74. The first kappa shape index (κ1) is 16.6. The highest BCUT2D eigenvalue weighted by molar-refractivity contribution is 7.18. The van der Waals surface area contributed by atoms with Crippen LogP contribution in [0.15, 0.2) is 36.7 Å². The number of nitrogens with zero attached hydrogens (tertiary/aromatic N) is 6. The Morgan fingerprint density at radius 2 is 2.21 bits per heavy atom. The van der Waals surface area contributed by atoms with E-state index in [0.29, 0.717) is 22.6 Å². The van der Waals surface area contributed by atoms with Crippen LogP contribution in [0.5, 0.6) is 0 Å². The Bertz CT molecular complexity index is 1190. The zero-order valence-electron chi connectivity index (χ0n) is 15.0. The molecular formula is C19H16N8S. The second kappa shape index (κ2) is 6.58. The molecule has 3 aromatic heterocycles. The number of nitriles is 1. The van der Waals surface area contributed by atoms with Crippen LogP contribution in [0.1, 0.15) is 36.0 Å². The van der Waals surface area contributed by atoms with E-state index in [0.717, 1.165) is 40.7 Å². The van der Waals surface area contributed by atoms with Crippen molar-refractivity contribution >= 4 is 22.4 Å². The van der Waals surface area contributed by atoms with E-state index in [9.17, 15) is 5.26 Å². The van der Waals surface area contributed by atoms with Crippen molar-refractivity contribution in [3.8, 4) is 22.3 Å². The minimum absolute atomic E-state index is 0.507. The van der Waals surface area contributed by atoms with E-state index in [4.69, 9.17) is 4.98 Å². The molecule has 0 amide bonds. The minimum Gasteiger partial charge on any atom is -0.299 e. The van der Waals surface area contributed by atoms with Crippen LogP contribution in [0, 0.1) is 18.3 Å². The molecule has 138 valence electrons. The molecule has 0 aliphatic heterocycles. The molecule has 9 heteroatoms. The first-order chi connectivity index (χ1) is 13.7. The lowest BCUT2D eigenvalue weighted by Gasteiger charge is -2.05. The normalized spacial score (nSPS) is 13.4. The minimum atomic E-state index is 0.507. The fourth-order valence-electron chi connectivity index (χ4n) is 3.01. The third-order valence-electron chi connectivity index (χ3n) is 4.60. The summed E-state index contributed by atoms with van der Waals surface area (Å²) in [5.41, 5.74) is 2.25. The highest BCUT2D eigenvalue weighted by Gasteiger charge is 2.27. The molecule has 8 nitrogen and oxygen atoms in total. The van der Waals surface area contributed by atoms with Gasteiger partial charge in [0, 0.05) is 23.9 Å². The summed E-state index contributed by atoms with van der Waals surface area (Å²) >= 11 is 1.49. The van der Waals surface area contributed by atoms with Crippen LogP contribution < -0.4 is 5.32 Å². The van der Waals surface area contributed by atoms with Gasteiger partial charge in [-0.1, -0.05) is 23.5 Å². The van der Waals surface area contributed by atoms with E-state index in [2.05, 4.69) is 31.6 Å². The van der Waals surface area contributed by atoms with Crippen LogP contribution in [0.4, 0.5) is 11.1 Å². The van der Waals surface area contributed by atoms with Gasteiger partial charge in [0.1, 0.15) is 22.3 Å². The van der Waals surface area contributed by atoms with Crippen molar-refractivity contribution in [3.63, 3.8) is 0 Å². The summed E-state index contributed by atoms with van der Waals surface area (Å²) < 4.78 is 1.99. The molecule has 1 aromatic carbocycles. The van der Waals surface area contributed by atoms with Crippen LogP contribution in [-0.2, 0) is 0 Å². The summed E-state index contributed by atoms with van der Waals surface area (Å²) in [4.78, 5) is 13.6. The molecule has 1 fully saturated rings. The summed E-state index contributed by atoms with van der Waals surface area (Å²) in [5.74, 6) is 2.81. The molecule has 1 saturated carbocycles. The zero-order chi connectivity index (χ0) is 19.1. The number of thiazole rings is 1. The van der Waals surface area contributed by atoms with Crippen molar-refractivity contribution in [1.29, 1.82) is 5.26 Å². The second-order valence-corrected chi connectivity index (χ2v) is 7.63. The third kappa shape index (κ3) is 3.04. The standard InChI is InChI=1S/C19H16N8S/c1-11-21-7-8-27(11)17-15(14-4-2-3-12(9-14)10-20)22-19(28-17)24-18-23-16(25-26-18)13-5-6-13/h2-4,7-9,13H,5-6H2,1H3,(H2,22,23,24,25,26). The maximum atomic E-state index is 9.24. The molecular weight excluding hydrogens is 372 g/mol. The number of imidazole rings is 1. The monoisotopic (exact) mass is 388 g/mol. The molecule has 0 bridgehead atoms. The van der Waals surface area contributed by atoms with Gasteiger partial charge < -0.3 is 0 Å². The molecule has 2 N–H and O–H groups in total. The lowest BCUT2D eigenvalue weighted by molar-refractivity contribution is 0.935. The molecule has 0 atom stereocenters. The number of aryl methyl sites for hydroxylation is 1. The molecule has 4 aromatic rings. The van der Waals surface area contributed by atoms with Crippen molar-refractivity contribution < 1.29 is 0 Å². The topological polar surface area (TPSA) is 108 Å². The SMILES string of the molecule is Cc1nccn1-c1sc(Nc2n[nH]c(C3CC3)n2)nc1-c1cccc(C#N)c1. The number of benzene rings is 1. The van der Waals surface area contributed by atoms with Gasteiger partial charge in [-0.15, -0.1) is 5.10 Å². The van der Waals surface area contributed by atoms with E-state index < -0.39 is 0 Å². The van der Waals surface area contributed by atoms with Gasteiger partial charge in [0.05, 0.1) is 11.6 Å². The molecule has 28 heavy (non-hydrogen) atoms. The second-order valence-electron chi connectivity index (χ2n) is 6.65. The number of aromatic nitrogens is 6. The van der Waals surface area contributed by atoms with Crippen LogP contribution in [0.25, 0.3) is 16.3 Å². The van der Waals surface area contributed by atoms with Gasteiger partial charge >= 0.3 is 0 Å². The molecule has 1 aliphatic rings. The summed E-state index contributed by atoms with van der Waals surface area (Å²) in [6.07, 6.45) is 5.99. The zero-order valence-corrected chi connectivity index (χ0v) is 15.9. The van der Waals surface area contributed by atoms with Crippen molar-refractivity contribution in [2.24, 2.45) is 0 Å². The van der Waals surface area contributed by atoms with Gasteiger partial charge in [-0.2, -0.15) is 10.2 Å². The van der Waals surface area contributed by atoms with Gasteiger partial charge in [-0.3, -0.25) is 15.0 Å². The van der Waals surface area contributed by atoms with Crippen molar-refractivity contribution in [2.75, 3.05) is 5.32 Å². The highest BCUT2D eigenvalue weighted by Crippen LogP contribution is 2.39. The lowest BCUT2D eigenvalue weighted by Crippen LogP contribution is -1.95. The van der Waals surface area contributed by atoms with E-state index in [1.165, 1.54) is 11.3 Å². The largest absolute Gasteiger partial charge is 0.299 e. The van der Waals surface area contributed by atoms with Crippen LogP contribution in [0.3, 0.4) is 0 Å². The molecule has 5 rings (SSSR count). The Kier molecular flexibility index (Phi) is 3.91. The fraction of sp³-hybridized carbons (Fsp3) is 0.211. The smallest absolute Gasteiger partial charge is 0.248 e. The van der Waals surface area contributed by atoms with Crippen molar-refractivity contribution in [2.45, 2.75) is 25.7 Å². The summed E-state index contributed by atoms with van der Waals surface area (Å²) in [7, 11) is 0. The predicted molar refractivity (Wildman–Crippen MR) is 106 cm³/mol. The quantitative estimate of drug-likeness (QED) is 0.536. The highest BCUT2D eigenvalue weighted by atomic mass is 32.1. The van der Waals surface area contributed by atoms with Gasteiger partial charge in [-0.25, -0.2) is 9.97 Å². The summed E-state index contributed by atoms with van der Waals surface area (Å²) in [6, 6.07) is 9.62. The summed E-state index contributed by atoms with van der Waals surface area (Å²) in [5, 5.41) is 21.3. The maximum absolute atomic E-state index is 9.24. The Morgan fingerprint density at radius 1 is 1.32 bits per heavy atom. The van der Waals surface area contributed by atoms with E-state index in [1.807, 2.05) is 35.9 Å². The Balaban J connectivity index is 1.56. The van der Waals surface area contributed by atoms with Crippen LogP contribution >= 0.6 is 11.3 Å². The van der Waals surface area contributed by atoms with Crippen LogP contribution in [-0.4, -0.2) is 29.7 Å². The average molecular weight is 388 g/mol. The number of hydrogen-bond acceptors (Lipinski definition) is 7. The first-order valence-electron chi connectivity index (χ1n) is 8.92. The third-order valence-corrected chi connectivity index (χ3v) is 5.57. The van der Waals surface area contributed by atoms with Gasteiger partial charge in [0.15, 0.2) is 5.13 Å². The van der Waals surface area contributed by atoms with E-state index in [-0.39, 0.29) is 0 Å². The van der Waals surface area contributed by atoms with Gasteiger partial charge in [0.2, 0.25) is 5.95 Å². The predicted octanol–water partition coefficient (Wildman–Crippen LogP) is 3.92. The number of rotatable bonds is 5. The lowest BCUT2D eigenvalue weighted by atomic mass is 10.1. The number of nitrogens with one attached hydrogen (secondary N) is 2. The number of H-pyrrole nitrogens is 1. The van der Waals surface area contributed by atoms with Gasteiger partial charge in [-0.05, 0) is 31.9 Å². The number of aromatic amines is 1.